The molecule has 195 valence electrons. The normalized spacial score (nSPS) is 22.6. The molecule has 1 spiro atoms. The molecule has 1 aromatic carbocycles. The van der Waals surface area contributed by atoms with Gasteiger partial charge in [0.15, 0.2) is 0 Å². The van der Waals surface area contributed by atoms with Crippen LogP contribution in [-0.4, -0.2) is 12.1 Å². The van der Waals surface area contributed by atoms with Gasteiger partial charge in [0.25, 0.3) is 0 Å². The van der Waals surface area contributed by atoms with Gasteiger partial charge >= 0.3 is 0 Å². The summed E-state index contributed by atoms with van der Waals surface area (Å²) in [5, 5.41) is 0. The second kappa shape index (κ2) is 14.2. The number of halogens is 1. The average molecular weight is 574 g/mol. The van der Waals surface area contributed by atoms with Crippen molar-refractivity contribution in [2.75, 3.05) is 11.4 Å². The summed E-state index contributed by atoms with van der Waals surface area (Å²) >= 11 is 0. The van der Waals surface area contributed by atoms with Gasteiger partial charge in [0.2, 0.25) is 0 Å². The molecular weight excluding hydrogens is 525 g/mol. The maximum atomic E-state index is 2.81. The Balaban J connectivity index is 0.000000494. The van der Waals surface area contributed by atoms with Crippen LogP contribution in [0.5, 0.6) is 0 Å². The smallest absolute Gasteiger partial charge is 0.0441 e. The van der Waals surface area contributed by atoms with Crippen LogP contribution in [-0.2, 0) is 19.5 Å². The van der Waals surface area contributed by atoms with Gasteiger partial charge in [0, 0.05) is 37.2 Å². The number of anilines is 1. The van der Waals surface area contributed by atoms with E-state index in [9.17, 15) is 0 Å². The third-order valence-electron chi connectivity index (χ3n) is 7.89. The van der Waals surface area contributed by atoms with Crippen LogP contribution in [0.3, 0.4) is 0 Å². The van der Waals surface area contributed by atoms with E-state index in [1.807, 2.05) is 0 Å². The van der Waals surface area contributed by atoms with Gasteiger partial charge in [-0.15, -0.1) is 0 Å². The minimum atomic E-state index is 0. The summed E-state index contributed by atoms with van der Waals surface area (Å²) in [6.45, 7) is 15.6. The second-order valence-electron chi connectivity index (χ2n) is 11.8. The first-order valence-corrected chi connectivity index (χ1v) is 13.5. The number of hydrogen-bond acceptors (Lipinski definition) is 1. The van der Waals surface area contributed by atoms with Crippen LogP contribution in [0.4, 0.5) is 5.69 Å². The standard InChI is InChI=1S/C23H37N.C8H12.ClH.Rh/c1-17(2)19-11-10-12-20(18(3)4)21(19)24-16-23(15-22(24,5)6)13-8-7-9-14-23;1-2-4-6-8-7-5-3-1;;/h10-12,17-18H,7-9,13-16H2,1-6H3;1-2,7-8H,3-6H2;1H;/p-1/b;2-1-,8-7-;;. The predicted molar refractivity (Wildman–Crippen MR) is 143 cm³/mol. The van der Waals surface area contributed by atoms with Crippen molar-refractivity contribution in [3.63, 3.8) is 0 Å². The Labute approximate surface area is 230 Å². The molecule has 3 heteroatoms. The molecule has 2 aliphatic carbocycles. The van der Waals surface area contributed by atoms with Gasteiger partial charge < -0.3 is 17.3 Å². The van der Waals surface area contributed by atoms with E-state index in [1.165, 1.54) is 70.8 Å². The van der Waals surface area contributed by atoms with E-state index in [0.29, 0.717) is 17.3 Å². The van der Waals surface area contributed by atoms with Gasteiger partial charge in [-0.25, -0.2) is 0 Å². The minimum absolute atomic E-state index is 0. The molecule has 1 radical (unpaired) electrons. The molecule has 0 atom stereocenters. The number of nitrogens with zero attached hydrogens (tertiary/aromatic N) is 1. The first kappa shape index (κ1) is 31.4. The first-order chi connectivity index (χ1) is 15.3. The second-order valence-corrected chi connectivity index (χ2v) is 11.8. The molecule has 1 aromatic rings. The van der Waals surface area contributed by atoms with E-state index in [1.54, 1.807) is 16.8 Å². The van der Waals surface area contributed by atoms with Gasteiger partial charge in [-0.2, -0.15) is 0 Å². The third kappa shape index (κ3) is 7.96. The van der Waals surface area contributed by atoms with E-state index in [4.69, 9.17) is 0 Å². The molecule has 1 nitrogen and oxygen atoms in total. The van der Waals surface area contributed by atoms with Crippen molar-refractivity contribution in [3.05, 3.63) is 53.6 Å². The molecule has 1 saturated carbocycles. The molecule has 0 unspecified atom stereocenters. The summed E-state index contributed by atoms with van der Waals surface area (Å²) in [4.78, 5) is 2.81. The van der Waals surface area contributed by atoms with Crippen LogP contribution in [0.1, 0.15) is 129 Å². The number of allylic oxidation sites excluding steroid dienone is 4. The molecule has 0 aromatic heterocycles. The van der Waals surface area contributed by atoms with Crippen molar-refractivity contribution in [3.8, 4) is 0 Å². The maximum absolute atomic E-state index is 2.81. The molecule has 0 N–H and O–H groups in total. The van der Waals surface area contributed by atoms with Crippen LogP contribution >= 0.6 is 0 Å². The topological polar surface area (TPSA) is 3.24 Å². The third-order valence-corrected chi connectivity index (χ3v) is 7.89. The molecule has 2 fully saturated rings. The Morgan fingerprint density at radius 2 is 1.18 bits per heavy atom. The Morgan fingerprint density at radius 1 is 0.735 bits per heavy atom. The van der Waals surface area contributed by atoms with E-state index < -0.39 is 0 Å². The van der Waals surface area contributed by atoms with E-state index >= 15 is 0 Å². The van der Waals surface area contributed by atoms with Crippen LogP contribution < -0.4 is 17.3 Å². The van der Waals surface area contributed by atoms with Crippen LogP contribution in [0, 0.1) is 5.41 Å². The van der Waals surface area contributed by atoms with Crippen molar-refractivity contribution < 1.29 is 31.9 Å². The summed E-state index contributed by atoms with van der Waals surface area (Å²) in [5.74, 6) is 1.16. The zero-order valence-corrected chi connectivity index (χ0v) is 25.0. The summed E-state index contributed by atoms with van der Waals surface area (Å²) in [6, 6.07) is 7.01. The molecule has 4 rings (SSSR count). The summed E-state index contributed by atoms with van der Waals surface area (Å²) in [7, 11) is 0. The van der Waals surface area contributed by atoms with E-state index in [2.05, 4.69) is 88.9 Å². The molecule has 0 amide bonds. The van der Waals surface area contributed by atoms with Crippen LogP contribution in [0.25, 0.3) is 0 Å². The number of para-hydroxylation sites is 1. The molecule has 0 bridgehead atoms. The van der Waals surface area contributed by atoms with Crippen molar-refractivity contribution in [2.24, 2.45) is 5.41 Å². The van der Waals surface area contributed by atoms with Crippen LogP contribution in [0.15, 0.2) is 42.5 Å². The summed E-state index contributed by atoms with van der Waals surface area (Å²) < 4.78 is 0. The minimum Gasteiger partial charge on any atom is -1.00 e. The fraction of sp³-hybridized carbons (Fsp3) is 0.677. The van der Waals surface area contributed by atoms with Crippen molar-refractivity contribution in [1.82, 2.24) is 0 Å². The summed E-state index contributed by atoms with van der Waals surface area (Å²) in [6.07, 6.45) is 22.6. The summed E-state index contributed by atoms with van der Waals surface area (Å²) in [5.41, 5.74) is 5.49. The zero-order valence-electron chi connectivity index (χ0n) is 22.6. The average Bonchev–Trinajstić information content (AvgIpc) is 2.97. The Bertz CT molecular complexity index is 734. The van der Waals surface area contributed by atoms with Gasteiger partial charge in [-0.05, 0) is 87.2 Å². The van der Waals surface area contributed by atoms with Crippen molar-refractivity contribution in [2.45, 2.75) is 123 Å². The van der Waals surface area contributed by atoms with Gasteiger partial charge in [-0.1, -0.05) is 89.5 Å². The number of hydrogen-bond donors (Lipinski definition) is 0. The van der Waals surface area contributed by atoms with Crippen molar-refractivity contribution in [1.29, 1.82) is 0 Å². The zero-order chi connectivity index (χ0) is 23.2. The monoisotopic (exact) mass is 573 g/mol. The van der Waals surface area contributed by atoms with E-state index in [0.717, 1.165) is 0 Å². The fourth-order valence-corrected chi connectivity index (χ4v) is 6.32. The Hall–Kier alpha value is -0.587. The maximum Gasteiger partial charge on any atom is 0.0441 e. The predicted octanol–water partition coefficient (Wildman–Crippen LogP) is 6.55. The number of rotatable bonds is 3. The number of benzene rings is 1. The Kier molecular flexibility index (Phi) is 13.2. The quantitative estimate of drug-likeness (QED) is 0.293. The Morgan fingerprint density at radius 3 is 1.59 bits per heavy atom. The van der Waals surface area contributed by atoms with Crippen molar-refractivity contribution >= 4 is 5.69 Å². The molecule has 34 heavy (non-hydrogen) atoms. The van der Waals surface area contributed by atoms with E-state index in [-0.39, 0.29) is 37.4 Å². The molecule has 1 aliphatic heterocycles. The van der Waals surface area contributed by atoms with Gasteiger partial charge in [-0.3, -0.25) is 0 Å². The first-order valence-electron chi connectivity index (χ1n) is 13.5. The largest absolute Gasteiger partial charge is 1.00 e. The molecule has 1 heterocycles. The SMILES string of the molecule is C1=C\CC/C=C\CC/1.CC(C)c1cccc(C(C)C)c1N1CC2(CCCCC2)CC1(C)C.[Cl-].[Rh]. The molecular formula is C31H49ClNRh-. The fourth-order valence-electron chi connectivity index (χ4n) is 6.32. The van der Waals surface area contributed by atoms with Gasteiger partial charge in [0.1, 0.15) is 0 Å². The molecule has 3 aliphatic rings. The van der Waals surface area contributed by atoms with Crippen LogP contribution in [0.2, 0.25) is 0 Å². The molecule has 1 saturated heterocycles. The van der Waals surface area contributed by atoms with Gasteiger partial charge in [0.05, 0.1) is 0 Å².